The first-order valence-electron chi connectivity index (χ1n) is 6.62. The Hall–Kier alpha value is -1.65. The number of hydrogen-bond acceptors (Lipinski definition) is 4. The Kier molecular flexibility index (Phi) is 2.73. The third kappa shape index (κ3) is 1.64. The van der Waals surface area contributed by atoms with E-state index in [1.807, 2.05) is 6.08 Å². The average Bonchev–Trinajstić information content (AvgIpc) is 3.04. The topological polar surface area (TPSA) is 63.7 Å². The van der Waals surface area contributed by atoms with Gasteiger partial charge in [-0.25, -0.2) is 4.79 Å². The number of carbonyl (C=O) groups is 3. The second-order valence-corrected chi connectivity index (χ2v) is 5.73. The number of hydrogen-bond donors (Lipinski definition) is 0. The van der Waals surface area contributed by atoms with Crippen molar-refractivity contribution in [3.05, 3.63) is 12.2 Å². The summed E-state index contributed by atoms with van der Waals surface area (Å²) in [6, 6.07) is 0. The van der Waals surface area contributed by atoms with E-state index in [2.05, 4.69) is 4.74 Å². The first-order valence-corrected chi connectivity index (χ1v) is 6.62. The molecule has 5 nitrogen and oxygen atoms in total. The van der Waals surface area contributed by atoms with Crippen LogP contribution in [0.15, 0.2) is 12.2 Å². The SMILES string of the molecule is COC(=O)/C=C/[C@H]1C[C@H]2C[C@@H]1[C@H]1C(=O)N(C)C(=O)[C@@H]21. The molecule has 3 aliphatic rings. The highest BCUT2D eigenvalue weighted by Crippen LogP contribution is 2.58. The molecule has 19 heavy (non-hydrogen) atoms. The van der Waals surface area contributed by atoms with Gasteiger partial charge in [0.15, 0.2) is 0 Å². The normalized spacial score (nSPS) is 40.3. The summed E-state index contributed by atoms with van der Waals surface area (Å²) in [6.07, 6.45) is 5.11. The van der Waals surface area contributed by atoms with Crippen molar-refractivity contribution in [2.75, 3.05) is 14.2 Å². The van der Waals surface area contributed by atoms with Crippen molar-refractivity contribution < 1.29 is 19.1 Å². The Morgan fingerprint density at radius 2 is 1.95 bits per heavy atom. The van der Waals surface area contributed by atoms with Gasteiger partial charge in [-0.3, -0.25) is 14.5 Å². The zero-order valence-corrected chi connectivity index (χ0v) is 11.0. The van der Waals surface area contributed by atoms with E-state index in [1.165, 1.54) is 18.1 Å². The molecule has 2 saturated carbocycles. The zero-order valence-electron chi connectivity index (χ0n) is 11.0. The quantitative estimate of drug-likeness (QED) is 0.416. The Balaban J connectivity index is 1.80. The number of amides is 2. The zero-order chi connectivity index (χ0) is 13.7. The molecular weight excluding hydrogens is 246 g/mol. The molecule has 3 rings (SSSR count). The van der Waals surface area contributed by atoms with Gasteiger partial charge in [-0.1, -0.05) is 6.08 Å². The Morgan fingerprint density at radius 1 is 1.26 bits per heavy atom. The summed E-state index contributed by atoms with van der Waals surface area (Å²) in [5, 5.41) is 0. The lowest BCUT2D eigenvalue weighted by atomic mass is 9.75. The largest absolute Gasteiger partial charge is 0.466 e. The molecule has 3 fully saturated rings. The van der Waals surface area contributed by atoms with Gasteiger partial charge in [0.05, 0.1) is 18.9 Å². The lowest BCUT2D eigenvalue weighted by Gasteiger charge is -2.26. The maximum atomic E-state index is 12.1. The van der Waals surface area contributed by atoms with Gasteiger partial charge < -0.3 is 4.74 Å². The monoisotopic (exact) mass is 263 g/mol. The minimum absolute atomic E-state index is 0.0158. The molecule has 1 heterocycles. The number of fused-ring (bicyclic) bond motifs is 5. The smallest absolute Gasteiger partial charge is 0.330 e. The van der Waals surface area contributed by atoms with E-state index in [4.69, 9.17) is 0 Å². The van der Waals surface area contributed by atoms with Gasteiger partial charge >= 0.3 is 5.97 Å². The maximum Gasteiger partial charge on any atom is 0.330 e. The van der Waals surface area contributed by atoms with Crippen molar-refractivity contribution in [2.45, 2.75) is 12.8 Å². The van der Waals surface area contributed by atoms with Gasteiger partial charge in [0, 0.05) is 13.1 Å². The second-order valence-electron chi connectivity index (χ2n) is 5.73. The van der Waals surface area contributed by atoms with Crippen molar-refractivity contribution >= 4 is 17.8 Å². The van der Waals surface area contributed by atoms with E-state index in [1.54, 1.807) is 7.05 Å². The first kappa shape index (κ1) is 12.4. The van der Waals surface area contributed by atoms with Crippen molar-refractivity contribution in [3.8, 4) is 0 Å². The van der Waals surface area contributed by atoms with E-state index < -0.39 is 0 Å². The molecule has 2 bridgehead atoms. The Bertz CT molecular complexity index is 484. The molecule has 0 spiro atoms. The summed E-state index contributed by atoms with van der Waals surface area (Å²) >= 11 is 0. The highest BCUT2D eigenvalue weighted by molar-refractivity contribution is 6.05. The highest BCUT2D eigenvalue weighted by atomic mass is 16.5. The van der Waals surface area contributed by atoms with E-state index in [-0.39, 0.29) is 41.5 Å². The molecule has 0 aromatic rings. The van der Waals surface area contributed by atoms with Gasteiger partial charge in [-0.2, -0.15) is 0 Å². The average molecular weight is 263 g/mol. The van der Waals surface area contributed by atoms with Crippen LogP contribution in [0.2, 0.25) is 0 Å². The fraction of sp³-hybridized carbons (Fsp3) is 0.643. The van der Waals surface area contributed by atoms with Gasteiger partial charge in [0.1, 0.15) is 0 Å². The van der Waals surface area contributed by atoms with Gasteiger partial charge in [-0.05, 0) is 30.6 Å². The lowest BCUT2D eigenvalue weighted by molar-refractivity contribution is -0.139. The number of allylic oxidation sites excluding steroid dienone is 1. The van der Waals surface area contributed by atoms with Gasteiger partial charge in [-0.15, -0.1) is 0 Å². The molecule has 0 unspecified atom stereocenters. The fourth-order valence-electron chi connectivity index (χ4n) is 4.15. The van der Waals surface area contributed by atoms with Crippen LogP contribution in [0.3, 0.4) is 0 Å². The molecule has 5 heteroatoms. The number of methoxy groups -OCH3 is 1. The van der Waals surface area contributed by atoms with Crippen molar-refractivity contribution in [2.24, 2.45) is 29.6 Å². The van der Waals surface area contributed by atoms with Crippen LogP contribution < -0.4 is 0 Å². The summed E-state index contributed by atoms with van der Waals surface area (Å²) in [7, 11) is 2.92. The number of likely N-dealkylation sites (tertiary alicyclic amines) is 1. The molecule has 1 aliphatic heterocycles. The van der Waals surface area contributed by atoms with Crippen molar-refractivity contribution in [1.82, 2.24) is 4.90 Å². The predicted octanol–water partition coefficient (Wildman–Crippen LogP) is 0.603. The molecule has 0 radical (unpaired) electrons. The van der Waals surface area contributed by atoms with Crippen LogP contribution >= 0.6 is 0 Å². The molecule has 0 aromatic carbocycles. The number of ether oxygens (including phenoxy) is 1. The Labute approximate surface area is 111 Å². The number of nitrogens with zero attached hydrogens (tertiary/aromatic N) is 1. The Morgan fingerprint density at radius 3 is 2.63 bits per heavy atom. The van der Waals surface area contributed by atoms with Crippen LogP contribution in [-0.4, -0.2) is 36.8 Å². The molecule has 2 amide bonds. The maximum absolute atomic E-state index is 12.1. The molecule has 5 atom stereocenters. The summed E-state index contributed by atoms with van der Waals surface area (Å²) in [5.74, 6) is 0.0188. The van der Waals surface area contributed by atoms with E-state index in [9.17, 15) is 14.4 Å². The van der Waals surface area contributed by atoms with E-state index >= 15 is 0 Å². The van der Waals surface area contributed by atoms with Gasteiger partial charge in [0.2, 0.25) is 11.8 Å². The van der Waals surface area contributed by atoms with Crippen LogP contribution in [-0.2, 0) is 19.1 Å². The molecule has 102 valence electrons. The predicted molar refractivity (Wildman–Crippen MR) is 65.6 cm³/mol. The third-order valence-electron chi connectivity index (χ3n) is 4.97. The van der Waals surface area contributed by atoms with Crippen molar-refractivity contribution in [3.63, 3.8) is 0 Å². The first-order chi connectivity index (χ1) is 9.04. The summed E-state index contributed by atoms with van der Waals surface area (Å²) in [6.45, 7) is 0. The van der Waals surface area contributed by atoms with Crippen LogP contribution in [0.4, 0.5) is 0 Å². The third-order valence-corrected chi connectivity index (χ3v) is 4.97. The number of rotatable bonds is 2. The summed E-state index contributed by atoms with van der Waals surface area (Å²) in [5.41, 5.74) is 0. The second kappa shape index (κ2) is 4.18. The van der Waals surface area contributed by atoms with Crippen LogP contribution in [0.25, 0.3) is 0 Å². The summed E-state index contributed by atoms with van der Waals surface area (Å²) in [4.78, 5) is 36.5. The molecule has 1 saturated heterocycles. The fourth-order valence-corrected chi connectivity index (χ4v) is 4.15. The van der Waals surface area contributed by atoms with Crippen molar-refractivity contribution in [1.29, 1.82) is 0 Å². The van der Waals surface area contributed by atoms with Crippen LogP contribution in [0.5, 0.6) is 0 Å². The van der Waals surface area contributed by atoms with Crippen LogP contribution in [0, 0.1) is 29.6 Å². The van der Waals surface area contributed by atoms with E-state index in [0.29, 0.717) is 5.92 Å². The number of carbonyl (C=O) groups excluding carboxylic acids is 3. The minimum atomic E-state index is -0.370. The van der Waals surface area contributed by atoms with Gasteiger partial charge in [0.25, 0.3) is 0 Å². The number of imide groups is 1. The highest BCUT2D eigenvalue weighted by Gasteiger charge is 2.62. The molecule has 2 aliphatic carbocycles. The standard InChI is InChI=1S/C14H17NO4/c1-15-13(17)11-8-5-7(3-4-10(16)19-2)9(6-8)12(11)14(15)18/h3-4,7-9,11-12H,5-6H2,1-2H3/b4-3+/t7-,8-,9-,11-,12+/m0/s1. The lowest BCUT2D eigenvalue weighted by Crippen LogP contribution is -2.30. The molecule has 0 aromatic heterocycles. The summed E-state index contributed by atoms with van der Waals surface area (Å²) < 4.78 is 4.58. The molecule has 0 N–H and O–H groups in total. The minimum Gasteiger partial charge on any atom is -0.466 e. The van der Waals surface area contributed by atoms with Crippen LogP contribution in [0.1, 0.15) is 12.8 Å². The molecular formula is C14H17NO4. The van der Waals surface area contributed by atoms with E-state index in [0.717, 1.165) is 12.8 Å². The number of esters is 1.